The molecule has 124 valence electrons. The fraction of sp³-hybridized carbons (Fsp3) is 0.357. The maximum Gasteiger partial charge on any atom is 0.312 e. The van der Waals surface area contributed by atoms with Crippen LogP contribution in [0.3, 0.4) is 0 Å². The number of urea groups is 1. The second-order valence-electron chi connectivity index (χ2n) is 5.27. The van der Waals surface area contributed by atoms with Crippen LogP contribution in [0.4, 0.5) is 9.93 Å². The third-order valence-corrected chi connectivity index (χ3v) is 3.49. The second-order valence-corrected chi connectivity index (χ2v) is 6.11. The Morgan fingerprint density at radius 2 is 2.17 bits per heavy atom. The number of primary amides is 1. The number of thiazole rings is 1. The van der Waals surface area contributed by atoms with E-state index in [1.807, 2.05) is 5.38 Å². The number of nitrogens with one attached hydrogen (secondary N) is 2. The molecule has 2 heterocycles. The Morgan fingerprint density at radius 3 is 2.87 bits per heavy atom. The quantitative estimate of drug-likeness (QED) is 0.471. The number of rotatable bonds is 6. The number of hydrogen-bond acceptors (Lipinski definition) is 5. The highest BCUT2D eigenvalue weighted by Gasteiger charge is 2.10. The van der Waals surface area contributed by atoms with Crippen molar-refractivity contribution < 1.29 is 9.21 Å². The standard InChI is InChI=1S/C14H20N6O2S/c1-8(2)5-17-12(15)20-14-19-10(7-23-14)11-4-3-9(22-11)6-18-13(16)21/h3-4,7-8H,5-6H2,1-2H3,(H3,16,18,21)(H3,15,17,19,20). The lowest BCUT2D eigenvalue weighted by Gasteiger charge is -2.06. The van der Waals surface area contributed by atoms with Gasteiger partial charge in [0.2, 0.25) is 5.13 Å². The molecule has 9 heteroatoms. The van der Waals surface area contributed by atoms with E-state index in [2.05, 4.69) is 34.5 Å². The first-order valence-corrected chi connectivity index (χ1v) is 7.98. The summed E-state index contributed by atoms with van der Waals surface area (Å²) < 4.78 is 5.60. The maximum atomic E-state index is 10.7. The minimum absolute atomic E-state index is 0.233. The zero-order valence-electron chi connectivity index (χ0n) is 13.0. The summed E-state index contributed by atoms with van der Waals surface area (Å²) in [5, 5.41) is 7.87. The molecule has 0 unspecified atom stereocenters. The maximum absolute atomic E-state index is 10.7. The number of aromatic nitrogens is 1. The Balaban J connectivity index is 2.01. The smallest absolute Gasteiger partial charge is 0.312 e. The summed E-state index contributed by atoms with van der Waals surface area (Å²) in [6.45, 7) is 5.16. The SMILES string of the molecule is CC(C)CN/C(N)=N/c1nc(-c2ccc(CNC(N)=O)o2)cs1. The normalized spacial score (nSPS) is 11.7. The van der Waals surface area contributed by atoms with Gasteiger partial charge in [-0.2, -0.15) is 4.99 Å². The van der Waals surface area contributed by atoms with Crippen molar-refractivity contribution >= 4 is 28.5 Å². The van der Waals surface area contributed by atoms with E-state index in [1.54, 1.807) is 12.1 Å². The third-order valence-electron chi connectivity index (χ3n) is 2.75. The summed E-state index contributed by atoms with van der Waals surface area (Å²) in [6, 6.07) is 2.94. The van der Waals surface area contributed by atoms with Gasteiger partial charge in [0.05, 0.1) is 6.54 Å². The molecule has 0 bridgehead atoms. The van der Waals surface area contributed by atoms with Crippen molar-refractivity contribution in [1.29, 1.82) is 0 Å². The van der Waals surface area contributed by atoms with Crippen LogP contribution in [0.5, 0.6) is 0 Å². The minimum Gasteiger partial charge on any atom is -0.458 e. The van der Waals surface area contributed by atoms with Crippen LogP contribution in [0, 0.1) is 5.92 Å². The number of aliphatic imine (C=N–C) groups is 1. The molecule has 0 aliphatic carbocycles. The number of guanidine groups is 1. The molecule has 0 radical (unpaired) electrons. The Hall–Kier alpha value is -2.55. The second kappa shape index (κ2) is 7.63. The number of nitrogens with zero attached hydrogens (tertiary/aromatic N) is 2. The molecule has 2 amide bonds. The Labute approximate surface area is 138 Å². The molecule has 8 nitrogen and oxygen atoms in total. The molecule has 2 rings (SSSR count). The van der Waals surface area contributed by atoms with E-state index in [1.165, 1.54) is 11.3 Å². The van der Waals surface area contributed by atoms with E-state index in [0.29, 0.717) is 34.2 Å². The summed E-state index contributed by atoms with van der Waals surface area (Å²) >= 11 is 1.37. The van der Waals surface area contributed by atoms with Gasteiger partial charge in [-0.25, -0.2) is 9.78 Å². The van der Waals surface area contributed by atoms with Crippen LogP contribution in [-0.2, 0) is 6.54 Å². The van der Waals surface area contributed by atoms with Gasteiger partial charge in [-0.15, -0.1) is 11.3 Å². The van der Waals surface area contributed by atoms with Crippen molar-refractivity contribution in [2.24, 2.45) is 22.4 Å². The number of hydrogen-bond donors (Lipinski definition) is 4. The Kier molecular flexibility index (Phi) is 5.58. The fourth-order valence-electron chi connectivity index (χ4n) is 1.66. The van der Waals surface area contributed by atoms with Gasteiger partial charge in [0.15, 0.2) is 11.7 Å². The van der Waals surface area contributed by atoms with Crippen LogP contribution in [0.2, 0.25) is 0 Å². The van der Waals surface area contributed by atoms with Crippen LogP contribution < -0.4 is 22.1 Å². The van der Waals surface area contributed by atoms with Crippen LogP contribution >= 0.6 is 11.3 Å². The third kappa shape index (κ3) is 5.29. The topological polar surface area (TPSA) is 132 Å². The molecule has 0 aliphatic heterocycles. The number of amides is 2. The van der Waals surface area contributed by atoms with Crippen molar-refractivity contribution in [3.63, 3.8) is 0 Å². The predicted molar refractivity (Wildman–Crippen MR) is 90.4 cm³/mol. The summed E-state index contributed by atoms with van der Waals surface area (Å²) in [4.78, 5) is 19.3. The average molecular weight is 336 g/mol. The zero-order valence-corrected chi connectivity index (χ0v) is 13.8. The highest BCUT2D eigenvalue weighted by molar-refractivity contribution is 7.13. The van der Waals surface area contributed by atoms with Gasteiger partial charge in [-0.3, -0.25) is 0 Å². The average Bonchev–Trinajstić information content (AvgIpc) is 3.11. The van der Waals surface area contributed by atoms with Gasteiger partial charge in [-0.1, -0.05) is 13.8 Å². The van der Waals surface area contributed by atoms with Crippen LogP contribution in [0.15, 0.2) is 26.9 Å². The van der Waals surface area contributed by atoms with Crippen LogP contribution in [0.1, 0.15) is 19.6 Å². The van der Waals surface area contributed by atoms with E-state index in [4.69, 9.17) is 15.9 Å². The Bertz CT molecular complexity index is 691. The molecule has 0 saturated carbocycles. The number of furan rings is 1. The van der Waals surface area contributed by atoms with E-state index in [-0.39, 0.29) is 6.54 Å². The fourth-order valence-corrected chi connectivity index (χ4v) is 2.35. The lowest BCUT2D eigenvalue weighted by atomic mass is 10.2. The van der Waals surface area contributed by atoms with Gasteiger partial charge in [0, 0.05) is 11.9 Å². The molecule has 23 heavy (non-hydrogen) atoms. The molecule has 0 saturated heterocycles. The van der Waals surface area contributed by atoms with Crippen LogP contribution in [0.25, 0.3) is 11.5 Å². The van der Waals surface area contributed by atoms with Gasteiger partial charge < -0.3 is 26.5 Å². The first kappa shape index (κ1) is 16.8. The molecule has 0 aromatic carbocycles. The molecule has 0 aliphatic rings. The van der Waals surface area contributed by atoms with Gasteiger partial charge in [-0.05, 0) is 18.1 Å². The molecule has 2 aromatic rings. The number of carbonyl (C=O) groups is 1. The zero-order chi connectivity index (χ0) is 16.8. The molecule has 0 atom stereocenters. The van der Waals surface area contributed by atoms with Crippen molar-refractivity contribution in [3.05, 3.63) is 23.3 Å². The first-order valence-electron chi connectivity index (χ1n) is 7.10. The first-order chi connectivity index (χ1) is 10.9. The minimum atomic E-state index is -0.599. The van der Waals surface area contributed by atoms with E-state index >= 15 is 0 Å². The molecule has 0 fully saturated rings. The largest absolute Gasteiger partial charge is 0.458 e. The summed E-state index contributed by atoms with van der Waals surface area (Å²) in [6.07, 6.45) is 0. The van der Waals surface area contributed by atoms with Gasteiger partial charge >= 0.3 is 6.03 Å². The molecule has 0 spiro atoms. The molecule has 6 N–H and O–H groups in total. The summed E-state index contributed by atoms with van der Waals surface area (Å²) in [5.41, 5.74) is 11.5. The van der Waals surface area contributed by atoms with Crippen molar-refractivity contribution in [2.45, 2.75) is 20.4 Å². The van der Waals surface area contributed by atoms with E-state index in [0.717, 1.165) is 6.54 Å². The summed E-state index contributed by atoms with van der Waals surface area (Å²) in [5.74, 6) is 2.00. The highest BCUT2D eigenvalue weighted by atomic mass is 32.1. The van der Waals surface area contributed by atoms with E-state index < -0.39 is 6.03 Å². The lowest BCUT2D eigenvalue weighted by molar-refractivity contribution is 0.247. The van der Waals surface area contributed by atoms with Crippen molar-refractivity contribution in [3.8, 4) is 11.5 Å². The van der Waals surface area contributed by atoms with Gasteiger partial charge in [0.25, 0.3) is 0 Å². The van der Waals surface area contributed by atoms with Crippen molar-refractivity contribution in [2.75, 3.05) is 6.54 Å². The van der Waals surface area contributed by atoms with Crippen LogP contribution in [-0.4, -0.2) is 23.5 Å². The number of nitrogens with two attached hydrogens (primary N) is 2. The van der Waals surface area contributed by atoms with E-state index in [9.17, 15) is 4.79 Å². The monoisotopic (exact) mass is 336 g/mol. The molecule has 2 aromatic heterocycles. The lowest BCUT2D eigenvalue weighted by Crippen LogP contribution is -2.33. The number of carbonyl (C=O) groups excluding carboxylic acids is 1. The Morgan fingerprint density at radius 1 is 1.39 bits per heavy atom. The summed E-state index contributed by atoms with van der Waals surface area (Å²) in [7, 11) is 0. The molecular weight excluding hydrogens is 316 g/mol. The highest BCUT2D eigenvalue weighted by Crippen LogP contribution is 2.28. The van der Waals surface area contributed by atoms with Crippen molar-refractivity contribution in [1.82, 2.24) is 15.6 Å². The molecular formula is C14H20N6O2S. The predicted octanol–water partition coefficient (Wildman–Crippen LogP) is 1.76. The van der Waals surface area contributed by atoms with Gasteiger partial charge in [0.1, 0.15) is 11.5 Å².